The molecule has 0 unspecified atom stereocenters. The summed E-state index contributed by atoms with van der Waals surface area (Å²) in [6.07, 6.45) is 6.06. The summed E-state index contributed by atoms with van der Waals surface area (Å²) in [4.78, 5) is 25.0. The first-order chi connectivity index (χ1) is 17.0. The number of rotatable bonds is 6. The third-order valence-electron chi connectivity index (χ3n) is 5.14. The van der Waals surface area contributed by atoms with Gasteiger partial charge in [-0.2, -0.15) is 0 Å². The van der Waals surface area contributed by atoms with Crippen molar-refractivity contribution < 1.29 is 28.5 Å². The molecule has 0 saturated heterocycles. The highest BCUT2D eigenvalue weighted by molar-refractivity contribution is 6.31. The minimum Gasteiger partial charge on any atom is -0.454 e. The van der Waals surface area contributed by atoms with Gasteiger partial charge in [-0.05, 0) is 65.7 Å². The molecule has 0 aromatic heterocycles. The maximum atomic E-state index is 12.5. The van der Waals surface area contributed by atoms with Crippen LogP contribution in [-0.2, 0) is 9.59 Å². The molecule has 0 bridgehead atoms. The lowest BCUT2D eigenvalue weighted by Crippen LogP contribution is -2.13. The summed E-state index contributed by atoms with van der Waals surface area (Å²) in [5, 5.41) is 5.92. The van der Waals surface area contributed by atoms with Gasteiger partial charge in [0.25, 0.3) is 0 Å². The van der Waals surface area contributed by atoms with Crippen LogP contribution < -0.4 is 29.6 Å². The average molecular weight is 491 g/mol. The molecular weight excluding hydrogens is 472 g/mol. The Balaban J connectivity index is 1.24. The topological polar surface area (TPSA) is 95.1 Å². The molecule has 8 nitrogen and oxygen atoms in total. The maximum absolute atomic E-state index is 12.5. The van der Waals surface area contributed by atoms with Crippen LogP contribution in [0.5, 0.6) is 23.0 Å². The number of hydrogen-bond donors (Lipinski definition) is 2. The molecular formula is C26H19ClN2O6. The number of anilines is 2. The zero-order valence-corrected chi connectivity index (χ0v) is 19.0. The number of ether oxygens (including phenoxy) is 4. The normalized spacial score (nSPS) is 13.4. The van der Waals surface area contributed by atoms with Gasteiger partial charge in [0.1, 0.15) is 0 Å². The zero-order valence-electron chi connectivity index (χ0n) is 18.2. The van der Waals surface area contributed by atoms with Crippen molar-refractivity contribution in [2.24, 2.45) is 0 Å². The summed E-state index contributed by atoms with van der Waals surface area (Å²) in [6.45, 7) is 0.359. The third-order valence-corrected chi connectivity index (χ3v) is 5.38. The van der Waals surface area contributed by atoms with E-state index in [1.807, 2.05) is 12.1 Å². The molecule has 0 radical (unpaired) electrons. The third kappa shape index (κ3) is 5.39. The molecule has 0 saturated carbocycles. The van der Waals surface area contributed by atoms with E-state index in [1.54, 1.807) is 54.6 Å². The molecule has 0 fully saturated rings. The quantitative estimate of drug-likeness (QED) is 0.467. The number of nitrogens with one attached hydrogen (secondary N) is 2. The highest BCUT2D eigenvalue weighted by Gasteiger charge is 2.14. The van der Waals surface area contributed by atoms with E-state index in [1.165, 1.54) is 12.2 Å². The van der Waals surface area contributed by atoms with Crippen LogP contribution in [-0.4, -0.2) is 25.4 Å². The molecule has 0 aliphatic carbocycles. The minimum atomic E-state index is -0.392. The van der Waals surface area contributed by atoms with Crippen molar-refractivity contribution in [1.29, 1.82) is 0 Å². The van der Waals surface area contributed by atoms with Crippen molar-refractivity contribution >= 4 is 46.9 Å². The molecule has 2 amide bonds. The Hall–Kier alpha value is -4.43. The van der Waals surface area contributed by atoms with E-state index in [4.69, 9.17) is 30.5 Å². The monoisotopic (exact) mass is 490 g/mol. The van der Waals surface area contributed by atoms with Crippen LogP contribution in [0.25, 0.3) is 12.2 Å². The van der Waals surface area contributed by atoms with Gasteiger partial charge in [0.2, 0.25) is 25.4 Å². The van der Waals surface area contributed by atoms with Crippen molar-refractivity contribution in [1.82, 2.24) is 0 Å². The Labute approximate surface area is 205 Å². The molecule has 176 valence electrons. The number of fused-ring (bicyclic) bond motifs is 2. The van der Waals surface area contributed by atoms with E-state index in [0.717, 1.165) is 11.1 Å². The van der Waals surface area contributed by atoms with Crippen LogP contribution in [0.15, 0.2) is 66.7 Å². The van der Waals surface area contributed by atoms with Gasteiger partial charge in [-0.1, -0.05) is 23.7 Å². The fourth-order valence-corrected chi connectivity index (χ4v) is 3.63. The summed E-state index contributed by atoms with van der Waals surface area (Å²) >= 11 is 6.11. The number of carbonyl (C=O) groups is 2. The second-order valence-electron chi connectivity index (χ2n) is 7.56. The first-order valence-electron chi connectivity index (χ1n) is 10.6. The molecule has 3 aromatic rings. The van der Waals surface area contributed by atoms with Gasteiger partial charge in [-0.15, -0.1) is 0 Å². The van der Waals surface area contributed by atoms with Gasteiger partial charge in [-0.3, -0.25) is 9.59 Å². The molecule has 0 atom stereocenters. The van der Waals surface area contributed by atoms with Gasteiger partial charge >= 0.3 is 0 Å². The predicted molar refractivity (Wildman–Crippen MR) is 132 cm³/mol. The van der Waals surface area contributed by atoms with Crippen molar-refractivity contribution in [2.75, 3.05) is 24.2 Å². The lowest BCUT2D eigenvalue weighted by atomic mass is 10.2. The highest BCUT2D eigenvalue weighted by Crippen LogP contribution is 2.34. The van der Waals surface area contributed by atoms with Crippen molar-refractivity contribution in [2.45, 2.75) is 0 Å². The Bertz CT molecular complexity index is 1370. The molecule has 0 spiro atoms. The Morgan fingerprint density at radius 3 is 1.74 bits per heavy atom. The standard InChI is InChI=1S/C26H19ClN2O6/c27-18-5-6-19(28-25(30)9-3-16-1-7-21-23(11-16)34-14-32-21)20(13-18)29-26(31)10-4-17-2-8-22-24(12-17)35-15-33-22/h1-13H,14-15H2,(H,28,30)(H,29,31)/b9-3+,10-4+. The van der Waals surface area contributed by atoms with Gasteiger partial charge < -0.3 is 29.6 Å². The molecule has 35 heavy (non-hydrogen) atoms. The van der Waals surface area contributed by atoms with E-state index < -0.39 is 5.91 Å². The highest BCUT2D eigenvalue weighted by atomic mass is 35.5. The van der Waals surface area contributed by atoms with Crippen molar-refractivity contribution in [3.63, 3.8) is 0 Å². The SMILES string of the molecule is O=C(/C=C/c1ccc2c(c1)OCO2)Nc1ccc(Cl)cc1NC(=O)/C=C/c1ccc2c(c1)OCO2. The van der Waals surface area contributed by atoms with Gasteiger partial charge in [-0.25, -0.2) is 0 Å². The zero-order chi connectivity index (χ0) is 24.2. The summed E-state index contributed by atoms with van der Waals surface area (Å²) in [5.41, 5.74) is 2.32. The van der Waals surface area contributed by atoms with Crippen molar-refractivity contribution in [3.8, 4) is 23.0 Å². The van der Waals surface area contributed by atoms with Crippen LogP contribution in [0.4, 0.5) is 11.4 Å². The smallest absolute Gasteiger partial charge is 0.248 e. The number of halogens is 1. The lowest BCUT2D eigenvalue weighted by Gasteiger charge is -2.11. The number of hydrogen-bond acceptors (Lipinski definition) is 6. The van der Waals surface area contributed by atoms with Gasteiger partial charge in [0, 0.05) is 17.2 Å². The summed E-state index contributed by atoms with van der Waals surface area (Å²) in [6, 6.07) is 15.6. The van der Waals surface area contributed by atoms with Crippen molar-refractivity contribution in [3.05, 3.63) is 82.9 Å². The fraction of sp³-hybridized carbons (Fsp3) is 0.0769. The first kappa shape index (κ1) is 22.4. The summed E-state index contributed by atoms with van der Waals surface area (Å²) in [5.74, 6) is 1.82. The largest absolute Gasteiger partial charge is 0.454 e. The molecule has 2 heterocycles. The van der Waals surface area contributed by atoms with E-state index >= 15 is 0 Å². The van der Waals surface area contributed by atoms with Gasteiger partial charge in [0.05, 0.1) is 11.4 Å². The van der Waals surface area contributed by atoms with Crippen LogP contribution in [0, 0.1) is 0 Å². The van der Waals surface area contributed by atoms with Crippen LogP contribution in [0.1, 0.15) is 11.1 Å². The molecule has 2 N–H and O–H groups in total. The number of benzene rings is 3. The van der Waals surface area contributed by atoms with E-state index in [9.17, 15) is 9.59 Å². The van der Waals surface area contributed by atoms with Crippen LogP contribution in [0.3, 0.4) is 0 Å². The van der Waals surface area contributed by atoms with Gasteiger partial charge in [0.15, 0.2) is 23.0 Å². The van der Waals surface area contributed by atoms with Crippen LogP contribution >= 0.6 is 11.6 Å². The number of carbonyl (C=O) groups excluding carboxylic acids is 2. The first-order valence-corrected chi connectivity index (χ1v) is 11.0. The maximum Gasteiger partial charge on any atom is 0.248 e. The molecule has 5 rings (SSSR count). The number of amides is 2. The van der Waals surface area contributed by atoms with Crippen LogP contribution in [0.2, 0.25) is 5.02 Å². The molecule has 2 aliphatic rings. The van der Waals surface area contributed by atoms with E-state index in [0.29, 0.717) is 39.4 Å². The predicted octanol–water partition coefficient (Wildman–Crippen LogP) is 5.10. The van der Waals surface area contributed by atoms with E-state index in [-0.39, 0.29) is 19.5 Å². The average Bonchev–Trinajstić information content (AvgIpc) is 3.51. The Morgan fingerprint density at radius 2 is 1.17 bits per heavy atom. The second kappa shape index (κ2) is 9.82. The van der Waals surface area contributed by atoms with E-state index in [2.05, 4.69) is 10.6 Å². The fourth-order valence-electron chi connectivity index (χ4n) is 3.46. The lowest BCUT2D eigenvalue weighted by molar-refractivity contribution is -0.112. The summed E-state index contributed by atoms with van der Waals surface area (Å²) < 4.78 is 21.3. The minimum absolute atomic E-state index is 0.179. The second-order valence-corrected chi connectivity index (χ2v) is 8.00. The summed E-state index contributed by atoms with van der Waals surface area (Å²) in [7, 11) is 0. The molecule has 2 aliphatic heterocycles. The Morgan fingerprint density at radius 1 is 0.657 bits per heavy atom. The Kier molecular flexibility index (Phi) is 6.28. The molecule has 3 aromatic carbocycles. The molecule has 9 heteroatoms.